The summed E-state index contributed by atoms with van der Waals surface area (Å²) in [5.74, 6) is 0. The lowest BCUT2D eigenvalue weighted by atomic mass is 10.1. The van der Waals surface area contributed by atoms with Gasteiger partial charge in [-0.15, -0.1) is 0 Å². The van der Waals surface area contributed by atoms with Crippen LogP contribution in [0.25, 0.3) is 6.08 Å². The van der Waals surface area contributed by atoms with Crippen LogP contribution in [0.3, 0.4) is 0 Å². The highest BCUT2D eigenvalue weighted by Gasteiger charge is 2.04. The molecule has 0 saturated carbocycles. The van der Waals surface area contributed by atoms with E-state index in [4.69, 9.17) is 4.74 Å². The Labute approximate surface area is 106 Å². The minimum atomic E-state index is 0.342. The standard InChI is InChI=1S/C16H24O/c1-5-7-8-14(4)17-12-16-10-9-13(3)11-15(16)6-2/h6,9-11,14H,2,5,7-8,12H2,1,3-4H3. The number of benzene rings is 1. The maximum Gasteiger partial charge on any atom is 0.0726 e. The van der Waals surface area contributed by atoms with Crippen LogP contribution in [-0.2, 0) is 11.3 Å². The lowest BCUT2D eigenvalue weighted by Crippen LogP contribution is -2.08. The quantitative estimate of drug-likeness (QED) is 0.660. The predicted molar refractivity (Wildman–Crippen MR) is 75.0 cm³/mol. The summed E-state index contributed by atoms with van der Waals surface area (Å²) < 4.78 is 5.86. The van der Waals surface area contributed by atoms with Gasteiger partial charge in [0.15, 0.2) is 0 Å². The summed E-state index contributed by atoms with van der Waals surface area (Å²) in [6.45, 7) is 11.0. The number of hydrogen-bond acceptors (Lipinski definition) is 1. The van der Waals surface area contributed by atoms with E-state index in [-0.39, 0.29) is 0 Å². The van der Waals surface area contributed by atoms with Crippen LogP contribution < -0.4 is 0 Å². The van der Waals surface area contributed by atoms with Gasteiger partial charge in [-0.1, -0.05) is 56.2 Å². The van der Waals surface area contributed by atoms with Crippen molar-refractivity contribution < 1.29 is 4.74 Å². The summed E-state index contributed by atoms with van der Waals surface area (Å²) in [7, 11) is 0. The minimum absolute atomic E-state index is 0.342. The van der Waals surface area contributed by atoms with Crippen molar-refractivity contribution in [2.45, 2.75) is 52.7 Å². The van der Waals surface area contributed by atoms with Crippen molar-refractivity contribution in [1.29, 1.82) is 0 Å². The highest BCUT2D eigenvalue weighted by molar-refractivity contribution is 5.52. The average molecular weight is 232 g/mol. The third-order valence-electron chi connectivity index (χ3n) is 3.01. The molecule has 1 unspecified atom stereocenters. The second-order valence-electron chi connectivity index (χ2n) is 4.67. The first-order valence-electron chi connectivity index (χ1n) is 6.51. The van der Waals surface area contributed by atoms with Gasteiger partial charge in [-0.3, -0.25) is 0 Å². The molecular weight excluding hydrogens is 208 g/mol. The zero-order valence-corrected chi connectivity index (χ0v) is 11.3. The van der Waals surface area contributed by atoms with Gasteiger partial charge < -0.3 is 4.74 Å². The van der Waals surface area contributed by atoms with Gasteiger partial charge in [0.05, 0.1) is 12.7 Å². The highest BCUT2D eigenvalue weighted by atomic mass is 16.5. The van der Waals surface area contributed by atoms with Gasteiger partial charge in [0.1, 0.15) is 0 Å². The van der Waals surface area contributed by atoms with Gasteiger partial charge >= 0.3 is 0 Å². The molecule has 17 heavy (non-hydrogen) atoms. The van der Waals surface area contributed by atoms with E-state index in [9.17, 15) is 0 Å². The van der Waals surface area contributed by atoms with Crippen LogP contribution in [0.4, 0.5) is 0 Å². The monoisotopic (exact) mass is 232 g/mol. The summed E-state index contributed by atoms with van der Waals surface area (Å²) in [6.07, 6.45) is 5.86. The zero-order chi connectivity index (χ0) is 12.7. The van der Waals surface area contributed by atoms with Gasteiger partial charge in [0, 0.05) is 0 Å². The number of unbranched alkanes of at least 4 members (excludes halogenated alkanes) is 1. The first-order valence-corrected chi connectivity index (χ1v) is 6.51. The summed E-state index contributed by atoms with van der Waals surface area (Å²) in [6, 6.07) is 6.42. The molecule has 1 atom stereocenters. The van der Waals surface area contributed by atoms with E-state index in [0.717, 1.165) is 6.42 Å². The number of hydrogen-bond donors (Lipinski definition) is 0. The molecule has 0 bridgehead atoms. The first kappa shape index (κ1) is 14.0. The Morgan fingerprint density at radius 3 is 2.82 bits per heavy atom. The van der Waals surface area contributed by atoms with E-state index in [1.54, 1.807) is 0 Å². The fraction of sp³-hybridized carbons (Fsp3) is 0.500. The zero-order valence-electron chi connectivity index (χ0n) is 11.3. The molecule has 0 radical (unpaired) electrons. The van der Waals surface area contributed by atoms with E-state index >= 15 is 0 Å². The number of rotatable bonds is 7. The molecule has 1 rings (SSSR count). The molecule has 0 aliphatic rings. The molecule has 1 nitrogen and oxygen atoms in total. The fourth-order valence-electron chi connectivity index (χ4n) is 1.84. The summed E-state index contributed by atoms with van der Waals surface area (Å²) in [5, 5.41) is 0. The van der Waals surface area contributed by atoms with Crippen LogP contribution >= 0.6 is 0 Å². The Hall–Kier alpha value is -1.08. The van der Waals surface area contributed by atoms with Crippen molar-refractivity contribution >= 4 is 6.08 Å². The molecule has 0 N–H and O–H groups in total. The molecule has 1 heteroatoms. The topological polar surface area (TPSA) is 9.23 Å². The summed E-state index contributed by atoms with van der Waals surface area (Å²) >= 11 is 0. The van der Waals surface area contributed by atoms with E-state index in [1.807, 2.05) is 6.08 Å². The van der Waals surface area contributed by atoms with Gasteiger partial charge in [0.25, 0.3) is 0 Å². The minimum Gasteiger partial charge on any atom is -0.374 e. The molecule has 0 heterocycles. The molecule has 0 aliphatic carbocycles. The summed E-state index contributed by atoms with van der Waals surface area (Å²) in [4.78, 5) is 0. The number of aryl methyl sites for hydroxylation is 1. The Morgan fingerprint density at radius 2 is 2.18 bits per heavy atom. The summed E-state index contributed by atoms with van der Waals surface area (Å²) in [5.41, 5.74) is 3.68. The Kier molecular flexibility index (Phi) is 5.99. The van der Waals surface area contributed by atoms with E-state index in [2.05, 4.69) is 45.5 Å². The Bertz CT molecular complexity index is 355. The molecule has 0 fully saturated rings. The van der Waals surface area contributed by atoms with Gasteiger partial charge in [-0.05, 0) is 31.4 Å². The second-order valence-corrected chi connectivity index (χ2v) is 4.67. The third kappa shape index (κ3) is 4.74. The van der Waals surface area contributed by atoms with Gasteiger partial charge in [-0.25, -0.2) is 0 Å². The maximum absolute atomic E-state index is 5.86. The van der Waals surface area contributed by atoms with Crippen molar-refractivity contribution in [3.63, 3.8) is 0 Å². The SMILES string of the molecule is C=Cc1cc(C)ccc1COC(C)CCCC. The van der Waals surface area contributed by atoms with Crippen LogP contribution in [0.1, 0.15) is 49.8 Å². The second kappa shape index (κ2) is 7.29. The molecule has 1 aromatic rings. The number of ether oxygens (including phenoxy) is 1. The van der Waals surface area contributed by atoms with Crippen LogP contribution in [0.15, 0.2) is 24.8 Å². The lowest BCUT2D eigenvalue weighted by molar-refractivity contribution is 0.0461. The van der Waals surface area contributed by atoms with Crippen molar-refractivity contribution in [3.8, 4) is 0 Å². The van der Waals surface area contributed by atoms with Gasteiger partial charge in [-0.2, -0.15) is 0 Å². The lowest BCUT2D eigenvalue weighted by Gasteiger charge is -2.14. The van der Waals surface area contributed by atoms with E-state index < -0.39 is 0 Å². The molecule has 0 amide bonds. The third-order valence-corrected chi connectivity index (χ3v) is 3.01. The molecule has 0 spiro atoms. The molecule has 1 aromatic carbocycles. The largest absolute Gasteiger partial charge is 0.374 e. The van der Waals surface area contributed by atoms with Crippen LogP contribution in [0.5, 0.6) is 0 Å². The average Bonchev–Trinajstić information content (AvgIpc) is 2.34. The predicted octanol–water partition coefficient (Wildman–Crippen LogP) is 4.73. The normalized spacial score (nSPS) is 12.4. The van der Waals surface area contributed by atoms with Crippen molar-refractivity contribution in [1.82, 2.24) is 0 Å². The Morgan fingerprint density at radius 1 is 1.41 bits per heavy atom. The van der Waals surface area contributed by atoms with Crippen LogP contribution in [0.2, 0.25) is 0 Å². The van der Waals surface area contributed by atoms with Gasteiger partial charge in [0.2, 0.25) is 0 Å². The fourth-order valence-corrected chi connectivity index (χ4v) is 1.84. The van der Waals surface area contributed by atoms with E-state index in [1.165, 1.54) is 29.5 Å². The van der Waals surface area contributed by atoms with E-state index in [0.29, 0.717) is 12.7 Å². The smallest absolute Gasteiger partial charge is 0.0726 e. The Balaban J connectivity index is 2.53. The maximum atomic E-state index is 5.86. The molecular formula is C16H24O. The molecule has 94 valence electrons. The van der Waals surface area contributed by atoms with Crippen LogP contribution in [-0.4, -0.2) is 6.10 Å². The van der Waals surface area contributed by atoms with Crippen molar-refractivity contribution in [2.24, 2.45) is 0 Å². The first-order chi connectivity index (χ1) is 8.17. The molecule has 0 aromatic heterocycles. The van der Waals surface area contributed by atoms with Crippen molar-refractivity contribution in [3.05, 3.63) is 41.5 Å². The van der Waals surface area contributed by atoms with Crippen LogP contribution in [0, 0.1) is 6.92 Å². The molecule has 0 aliphatic heterocycles. The highest BCUT2D eigenvalue weighted by Crippen LogP contribution is 2.16. The molecule has 0 saturated heterocycles. The van der Waals surface area contributed by atoms with Crippen molar-refractivity contribution in [2.75, 3.05) is 0 Å².